The number of amides is 1. The molecule has 0 aliphatic heterocycles. The van der Waals surface area contributed by atoms with Gasteiger partial charge in [-0.05, 0) is 55.0 Å². The summed E-state index contributed by atoms with van der Waals surface area (Å²) in [6.07, 6.45) is 0. The molecule has 3 N–H and O–H groups in total. The summed E-state index contributed by atoms with van der Waals surface area (Å²) in [4.78, 5) is 11.8. The molecule has 0 bridgehead atoms. The van der Waals surface area contributed by atoms with Gasteiger partial charge in [0.1, 0.15) is 11.5 Å². The molecule has 1 amide bonds. The van der Waals surface area contributed by atoms with Gasteiger partial charge in [-0.15, -0.1) is 0 Å². The lowest BCUT2D eigenvalue weighted by atomic mass is 10.2. The summed E-state index contributed by atoms with van der Waals surface area (Å²) in [6, 6.07) is 9.73. The van der Waals surface area contributed by atoms with E-state index in [9.17, 15) is 9.90 Å². The second-order valence-electron chi connectivity index (χ2n) is 4.89. The molecule has 2 aromatic rings. The molecule has 0 spiro atoms. The predicted octanol–water partition coefficient (Wildman–Crippen LogP) is 3.90. The summed E-state index contributed by atoms with van der Waals surface area (Å²) in [5.41, 5.74) is 1.30. The molecular formula is C16H14Cl2N2O3S. The van der Waals surface area contributed by atoms with Gasteiger partial charge in [0.25, 0.3) is 5.91 Å². The number of hydrogen-bond acceptors (Lipinski definition) is 4. The highest BCUT2D eigenvalue weighted by atomic mass is 35.5. The van der Waals surface area contributed by atoms with Gasteiger partial charge >= 0.3 is 0 Å². The Labute approximate surface area is 154 Å². The van der Waals surface area contributed by atoms with E-state index in [-0.39, 0.29) is 17.5 Å². The first-order chi connectivity index (χ1) is 11.3. The third kappa shape index (κ3) is 5.26. The van der Waals surface area contributed by atoms with Crippen LogP contribution >= 0.6 is 35.4 Å². The second-order valence-corrected chi connectivity index (χ2v) is 6.14. The number of hydrogen-bond donors (Lipinski definition) is 3. The van der Waals surface area contributed by atoms with E-state index in [0.717, 1.165) is 5.56 Å². The van der Waals surface area contributed by atoms with Gasteiger partial charge in [-0.3, -0.25) is 10.1 Å². The van der Waals surface area contributed by atoms with Crippen LogP contribution in [-0.4, -0.2) is 22.7 Å². The fourth-order valence-electron chi connectivity index (χ4n) is 1.80. The fourth-order valence-corrected chi connectivity index (χ4v) is 2.49. The third-order valence-corrected chi connectivity index (χ3v) is 3.64. The van der Waals surface area contributed by atoms with Crippen molar-refractivity contribution in [3.63, 3.8) is 0 Å². The van der Waals surface area contributed by atoms with Crippen molar-refractivity contribution in [2.45, 2.75) is 6.92 Å². The Kier molecular flexibility index (Phi) is 6.25. The van der Waals surface area contributed by atoms with Crippen LogP contribution in [0.4, 0.5) is 5.69 Å². The quantitative estimate of drug-likeness (QED) is 0.550. The van der Waals surface area contributed by atoms with Gasteiger partial charge in [-0.1, -0.05) is 29.3 Å². The Balaban J connectivity index is 1.86. The van der Waals surface area contributed by atoms with E-state index < -0.39 is 5.91 Å². The zero-order chi connectivity index (χ0) is 17.7. The van der Waals surface area contributed by atoms with Gasteiger partial charge < -0.3 is 15.2 Å². The topological polar surface area (TPSA) is 70.6 Å². The monoisotopic (exact) mass is 384 g/mol. The second kappa shape index (κ2) is 8.19. The van der Waals surface area contributed by atoms with Crippen molar-refractivity contribution in [2.24, 2.45) is 0 Å². The summed E-state index contributed by atoms with van der Waals surface area (Å²) in [5, 5.41) is 15.8. The summed E-state index contributed by atoms with van der Waals surface area (Å²) in [6.45, 7) is 1.58. The van der Waals surface area contributed by atoms with Crippen molar-refractivity contribution in [3.05, 3.63) is 52.0 Å². The molecule has 126 valence electrons. The van der Waals surface area contributed by atoms with Gasteiger partial charge in [0.05, 0.1) is 10.7 Å². The number of aromatic hydroxyl groups is 1. The lowest BCUT2D eigenvalue weighted by molar-refractivity contribution is -0.121. The molecule has 0 unspecified atom stereocenters. The molecule has 0 heterocycles. The molecule has 0 atom stereocenters. The predicted molar refractivity (Wildman–Crippen MR) is 99.2 cm³/mol. The van der Waals surface area contributed by atoms with Crippen LogP contribution in [0.15, 0.2) is 36.4 Å². The van der Waals surface area contributed by atoms with Crippen molar-refractivity contribution in [2.75, 3.05) is 11.9 Å². The smallest absolute Gasteiger partial charge is 0.264 e. The van der Waals surface area contributed by atoms with E-state index >= 15 is 0 Å². The molecule has 0 saturated heterocycles. The molecule has 24 heavy (non-hydrogen) atoms. The van der Waals surface area contributed by atoms with Crippen LogP contribution in [0.25, 0.3) is 0 Å². The van der Waals surface area contributed by atoms with Gasteiger partial charge in [-0.25, -0.2) is 0 Å². The summed E-state index contributed by atoms with van der Waals surface area (Å²) >= 11 is 16.8. The first-order valence-corrected chi connectivity index (χ1v) is 8.00. The van der Waals surface area contributed by atoms with E-state index in [1.54, 1.807) is 30.3 Å². The number of phenols is 1. The number of ether oxygens (including phenoxy) is 1. The summed E-state index contributed by atoms with van der Waals surface area (Å²) in [5.74, 6) is -0.0906. The molecule has 0 fully saturated rings. The zero-order valence-corrected chi connectivity index (χ0v) is 14.9. The SMILES string of the molecule is Cc1ccc(NC(=S)NC(=O)COc2ccc(Cl)cc2Cl)c(O)c1. The molecule has 0 aliphatic carbocycles. The summed E-state index contributed by atoms with van der Waals surface area (Å²) in [7, 11) is 0. The van der Waals surface area contributed by atoms with Crippen LogP contribution in [0.5, 0.6) is 11.5 Å². The Morgan fingerprint density at radius 3 is 2.67 bits per heavy atom. The minimum atomic E-state index is -0.467. The number of nitrogens with one attached hydrogen (secondary N) is 2. The number of thiocarbonyl (C=S) groups is 1. The number of halogens is 2. The molecule has 8 heteroatoms. The van der Waals surface area contributed by atoms with E-state index in [1.165, 1.54) is 6.07 Å². The molecule has 0 radical (unpaired) electrons. The van der Waals surface area contributed by atoms with Crippen LogP contribution in [-0.2, 0) is 4.79 Å². The van der Waals surface area contributed by atoms with E-state index in [1.807, 2.05) is 6.92 Å². The number of benzene rings is 2. The molecule has 2 aromatic carbocycles. The fraction of sp³-hybridized carbons (Fsp3) is 0.125. The van der Waals surface area contributed by atoms with Gasteiger partial charge in [0.2, 0.25) is 0 Å². The average molecular weight is 385 g/mol. The Bertz CT molecular complexity index is 784. The van der Waals surface area contributed by atoms with Crippen molar-refractivity contribution in [1.82, 2.24) is 5.32 Å². The van der Waals surface area contributed by atoms with E-state index in [2.05, 4.69) is 10.6 Å². The molecule has 0 saturated carbocycles. The molecule has 5 nitrogen and oxygen atoms in total. The highest BCUT2D eigenvalue weighted by Gasteiger charge is 2.10. The largest absolute Gasteiger partial charge is 0.506 e. The van der Waals surface area contributed by atoms with Crippen LogP contribution in [0.2, 0.25) is 10.0 Å². The maximum Gasteiger partial charge on any atom is 0.264 e. The number of rotatable bonds is 4. The van der Waals surface area contributed by atoms with Crippen LogP contribution in [0.3, 0.4) is 0 Å². The van der Waals surface area contributed by atoms with E-state index in [0.29, 0.717) is 21.5 Å². The maximum atomic E-state index is 11.8. The Morgan fingerprint density at radius 2 is 2.00 bits per heavy atom. The minimum absolute atomic E-state index is 0.0378. The molecular weight excluding hydrogens is 371 g/mol. The number of carbonyl (C=O) groups excluding carboxylic acids is 1. The highest BCUT2D eigenvalue weighted by Crippen LogP contribution is 2.27. The highest BCUT2D eigenvalue weighted by molar-refractivity contribution is 7.80. The van der Waals surface area contributed by atoms with Gasteiger partial charge in [0, 0.05) is 5.02 Å². The number of anilines is 1. The van der Waals surface area contributed by atoms with Crippen molar-refractivity contribution in [1.29, 1.82) is 0 Å². The lowest BCUT2D eigenvalue weighted by Crippen LogP contribution is -2.37. The average Bonchev–Trinajstić information content (AvgIpc) is 2.49. The number of aryl methyl sites for hydroxylation is 1. The third-order valence-electron chi connectivity index (χ3n) is 2.91. The summed E-state index contributed by atoms with van der Waals surface area (Å²) < 4.78 is 5.30. The molecule has 0 aliphatic rings. The van der Waals surface area contributed by atoms with Gasteiger partial charge in [0.15, 0.2) is 11.7 Å². The van der Waals surface area contributed by atoms with Crippen molar-refractivity contribution < 1.29 is 14.6 Å². The molecule has 0 aromatic heterocycles. The Hall–Kier alpha value is -2.02. The van der Waals surface area contributed by atoms with Crippen molar-refractivity contribution in [3.8, 4) is 11.5 Å². The van der Waals surface area contributed by atoms with Crippen LogP contribution in [0, 0.1) is 6.92 Å². The van der Waals surface area contributed by atoms with Gasteiger partial charge in [-0.2, -0.15) is 0 Å². The number of carbonyl (C=O) groups is 1. The standard InChI is InChI=1S/C16H14Cl2N2O3S/c1-9-2-4-12(13(21)6-9)19-16(24)20-15(22)8-23-14-5-3-10(17)7-11(14)18/h2-7,21H,8H2,1H3,(H2,19,20,22,24). The Morgan fingerprint density at radius 1 is 1.25 bits per heavy atom. The zero-order valence-electron chi connectivity index (χ0n) is 12.6. The lowest BCUT2D eigenvalue weighted by Gasteiger charge is -2.12. The van der Waals surface area contributed by atoms with Crippen LogP contribution < -0.4 is 15.4 Å². The van der Waals surface area contributed by atoms with Crippen molar-refractivity contribution >= 4 is 52.1 Å². The molecule has 2 rings (SSSR count). The first kappa shape index (κ1) is 18.3. The minimum Gasteiger partial charge on any atom is -0.506 e. The first-order valence-electron chi connectivity index (χ1n) is 6.83. The maximum absolute atomic E-state index is 11.8. The normalized spacial score (nSPS) is 10.1. The van der Waals surface area contributed by atoms with E-state index in [4.69, 9.17) is 40.2 Å². The number of phenolic OH excluding ortho intramolecular Hbond substituents is 1. The van der Waals surface area contributed by atoms with Crippen LogP contribution in [0.1, 0.15) is 5.56 Å².